The Bertz CT molecular complexity index is 1930. The standard InChI is InChI=1S/C18H24NSi.C17H9FNS.Ir/c1-13(2)16-11-17(15-9-7-14(3)8-10-15)19-12-18(16)20(4,5)6;18-11-8-9-15(19-10-11)14-6-3-5-13-12-4-1-2-7-16(12)20-17(13)14;/h7-9,11-13H,1-6H3;1-5,7-10H;/q2*-1;/i3D3,13D;;. The Morgan fingerprint density at radius 2 is 1.71 bits per heavy atom. The summed E-state index contributed by atoms with van der Waals surface area (Å²) >= 11 is 1.72. The molecule has 0 aliphatic rings. The van der Waals surface area contributed by atoms with E-state index < -0.39 is 20.8 Å². The Balaban J connectivity index is 0.000000203. The molecule has 0 N–H and O–H groups in total. The Morgan fingerprint density at radius 3 is 2.37 bits per heavy atom. The number of hydrogen-bond acceptors (Lipinski definition) is 3. The molecule has 1 radical (unpaired) electrons. The second kappa shape index (κ2) is 12.9. The third kappa shape index (κ3) is 6.90. The Labute approximate surface area is 266 Å². The second-order valence-corrected chi connectivity index (χ2v) is 17.0. The second-order valence-electron chi connectivity index (χ2n) is 10.9. The zero-order valence-electron chi connectivity index (χ0n) is 27.6. The molecule has 0 amide bonds. The van der Waals surface area contributed by atoms with Crippen LogP contribution in [0.25, 0.3) is 42.7 Å². The van der Waals surface area contributed by atoms with Crippen LogP contribution >= 0.6 is 11.3 Å². The van der Waals surface area contributed by atoms with Crippen molar-refractivity contribution in [3.8, 4) is 22.5 Å². The molecule has 2 nitrogen and oxygen atoms in total. The molecule has 0 aliphatic heterocycles. The Morgan fingerprint density at radius 1 is 0.927 bits per heavy atom. The van der Waals surface area contributed by atoms with Gasteiger partial charge in [-0.1, -0.05) is 81.6 Å². The van der Waals surface area contributed by atoms with Gasteiger partial charge in [0.05, 0.1) is 14.3 Å². The fraction of sp³-hybridized carbons (Fsp3) is 0.200. The number of aryl methyl sites for hydroxylation is 1. The fourth-order valence-electron chi connectivity index (χ4n) is 4.60. The van der Waals surface area contributed by atoms with E-state index in [1.54, 1.807) is 29.5 Å². The van der Waals surface area contributed by atoms with Gasteiger partial charge >= 0.3 is 0 Å². The first kappa shape index (κ1) is 25.7. The van der Waals surface area contributed by atoms with E-state index >= 15 is 0 Å². The molecule has 3 aromatic carbocycles. The average molecular weight is 757 g/mol. The summed E-state index contributed by atoms with van der Waals surface area (Å²) in [4.78, 5) is 8.73. The molecular formula is C35H33FIrN2SSi-2. The van der Waals surface area contributed by atoms with E-state index in [1.807, 2.05) is 44.3 Å². The van der Waals surface area contributed by atoms with Crippen LogP contribution in [0.2, 0.25) is 19.6 Å². The Hall–Kier alpha value is -3.02. The van der Waals surface area contributed by atoms with Gasteiger partial charge in [0.25, 0.3) is 0 Å². The van der Waals surface area contributed by atoms with E-state index in [1.165, 1.54) is 39.0 Å². The molecule has 6 rings (SSSR count). The summed E-state index contributed by atoms with van der Waals surface area (Å²) in [5.74, 6) is -1.04. The van der Waals surface area contributed by atoms with Crippen LogP contribution in [0.3, 0.4) is 0 Å². The van der Waals surface area contributed by atoms with Crippen LogP contribution in [0.5, 0.6) is 0 Å². The Kier molecular flexibility index (Phi) is 8.06. The number of thiophene rings is 1. The van der Waals surface area contributed by atoms with Crippen molar-refractivity contribution in [3.63, 3.8) is 0 Å². The topological polar surface area (TPSA) is 25.8 Å². The van der Waals surface area contributed by atoms with Crippen molar-refractivity contribution in [2.75, 3.05) is 0 Å². The predicted octanol–water partition coefficient (Wildman–Crippen LogP) is 9.58. The first-order chi connectivity index (χ1) is 20.6. The van der Waals surface area contributed by atoms with Gasteiger partial charge < -0.3 is 9.97 Å². The molecule has 3 heterocycles. The first-order valence-corrected chi connectivity index (χ1v) is 17.4. The molecule has 0 aliphatic carbocycles. The van der Waals surface area contributed by atoms with Crippen molar-refractivity contribution in [1.82, 2.24) is 9.97 Å². The van der Waals surface area contributed by atoms with Crippen molar-refractivity contribution < 1.29 is 30.0 Å². The van der Waals surface area contributed by atoms with Crippen LogP contribution in [0, 0.1) is 24.8 Å². The maximum Gasteiger partial charge on any atom is 0.139 e. The predicted molar refractivity (Wildman–Crippen MR) is 172 cm³/mol. The molecule has 0 fully saturated rings. The minimum Gasteiger partial charge on any atom is -0.305 e. The van der Waals surface area contributed by atoms with Crippen molar-refractivity contribution in [2.45, 2.75) is 46.2 Å². The van der Waals surface area contributed by atoms with Gasteiger partial charge in [0.1, 0.15) is 5.82 Å². The number of pyridine rings is 2. The van der Waals surface area contributed by atoms with E-state index in [-0.39, 0.29) is 31.5 Å². The smallest absolute Gasteiger partial charge is 0.139 e. The number of rotatable bonds is 4. The van der Waals surface area contributed by atoms with Crippen LogP contribution in [0.4, 0.5) is 4.39 Å². The van der Waals surface area contributed by atoms with Crippen molar-refractivity contribution in [2.24, 2.45) is 0 Å². The van der Waals surface area contributed by atoms with Gasteiger partial charge in [0.15, 0.2) is 0 Å². The molecule has 6 heteroatoms. The van der Waals surface area contributed by atoms with E-state index in [4.69, 9.17) is 5.48 Å². The molecule has 0 unspecified atom stereocenters. The van der Waals surface area contributed by atoms with Crippen LogP contribution in [0.15, 0.2) is 85.2 Å². The largest absolute Gasteiger partial charge is 0.305 e. The normalized spacial score (nSPS) is 13.3. The molecule has 41 heavy (non-hydrogen) atoms. The summed E-state index contributed by atoms with van der Waals surface area (Å²) in [5, 5.41) is 3.63. The SMILES string of the molecule is Fc1ccc(-c2[c-]ccc3c2sc2ccccc23)nc1.[2H]C([2H])([2H])c1c[c-]c(-c2cc(C([2H])(C)C)c([Si](C)(C)C)cn2)cc1.[Ir]. The van der Waals surface area contributed by atoms with Gasteiger partial charge in [-0.15, -0.1) is 59.2 Å². The molecule has 0 saturated heterocycles. The summed E-state index contributed by atoms with van der Waals surface area (Å²) in [7, 11) is -1.61. The number of fused-ring (bicyclic) bond motifs is 3. The summed E-state index contributed by atoms with van der Waals surface area (Å²) in [6.45, 7) is 8.38. The van der Waals surface area contributed by atoms with Crippen molar-refractivity contribution in [3.05, 3.63) is 114 Å². The summed E-state index contributed by atoms with van der Waals surface area (Å²) in [5.41, 5.74) is 4.42. The van der Waals surface area contributed by atoms with Crippen LogP contribution in [-0.4, -0.2) is 18.0 Å². The fourth-order valence-corrected chi connectivity index (χ4v) is 7.39. The average Bonchev–Trinajstić information content (AvgIpc) is 3.35. The minimum absolute atomic E-state index is 0. The molecule has 0 spiro atoms. The van der Waals surface area contributed by atoms with Gasteiger partial charge in [0, 0.05) is 36.5 Å². The number of hydrogen-bond donors (Lipinski definition) is 0. The van der Waals surface area contributed by atoms with Gasteiger partial charge in [-0.25, -0.2) is 4.39 Å². The maximum absolute atomic E-state index is 13.0. The minimum atomic E-state index is -2.13. The van der Waals surface area contributed by atoms with Crippen molar-refractivity contribution >= 4 is 44.8 Å². The summed E-state index contributed by atoms with van der Waals surface area (Å²) in [6.07, 6.45) is 3.13. The molecule has 0 atom stereocenters. The van der Waals surface area contributed by atoms with Gasteiger partial charge in [-0.05, 0) is 44.7 Å². The summed E-state index contributed by atoms with van der Waals surface area (Å²) in [6, 6.07) is 28.5. The van der Waals surface area contributed by atoms with E-state index in [0.717, 1.165) is 32.8 Å². The van der Waals surface area contributed by atoms with Crippen LogP contribution in [0.1, 0.15) is 36.4 Å². The van der Waals surface area contributed by atoms with E-state index in [2.05, 4.69) is 59.9 Å². The van der Waals surface area contributed by atoms with Crippen LogP contribution < -0.4 is 5.19 Å². The quantitative estimate of drug-likeness (QED) is 0.132. The monoisotopic (exact) mass is 757 g/mol. The number of aromatic nitrogens is 2. The first-order valence-electron chi connectivity index (χ1n) is 15.1. The zero-order chi connectivity index (χ0) is 31.9. The van der Waals surface area contributed by atoms with Crippen LogP contribution in [-0.2, 0) is 20.1 Å². The molecule has 0 saturated carbocycles. The molecule has 211 valence electrons. The molecule has 3 aromatic heterocycles. The zero-order valence-corrected chi connectivity index (χ0v) is 27.8. The van der Waals surface area contributed by atoms with E-state index in [9.17, 15) is 4.39 Å². The molecule has 6 aromatic rings. The van der Waals surface area contributed by atoms with Gasteiger partial charge in [-0.2, -0.15) is 11.3 Å². The van der Waals surface area contributed by atoms with Gasteiger partial charge in [0.2, 0.25) is 0 Å². The summed E-state index contributed by atoms with van der Waals surface area (Å²) < 4.78 is 46.2. The molecular weight excluding hydrogens is 720 g/mol. The number of benzene rings is 3. The van der Waals surface area contributed by atoms with E-state index in [0.29, 0.717) is 0 Å². The molecule has 0 bridgehead atoms. The number of halogens is 1. The third-order valence-electron chi connectivity index (χ3n) is 6.66. The number of nitrogens with zero attached hydrogens (tertiary/aromatic N) is 2. The third-order valence-corrected chi connectivity index (χ3v) is 9.88. The van der Waals surface area contributed by atoms with Crippen molar-refractivity contribution in [1.29, 1.82) is 0 Å². The maximum atomic E-state index is 13.0. The van der Waals surface area contributed by atoms with Gasteiger partial charge in [-0.3, -0.25) is 0 Å².